The van der Waals surface area contributed by atoms with Gasteiger partial charge in [-0.3, -0.25) is 4.79 Å². The van der Waals surface area contributed by atoms with Crippen LogP contribution >= 0.6 is 15.9 Å². The summed E-state index contributed by atoms with van der Waals surface area (Å²) in [6.07, 6.45) is 0.694. The van der Waals surface area contributed by atoms with Crippen molar-refractivity contribution in [3.8, 4) is 0 Å². The number of hydrogen-bond acceptors (Lipinski definition) is 1. The Bertz CT molecular complexity index is 250. The highest BCUT2D eigenvalue weighted by atomic mass is 79.9. The minimum absolute atomic E-state index is 0.574. The molecule has 2 nitrogen and oxygen atoms in total. The number of amides is 1. The van der Waals surface area contributed by atoms with Gasteiger partial charge >= 0.3 is 0 Å². The van der Waals surface area contributed by atoms with Crippen molar-refractivity contribution in [3.63, 3.8) is 0 Å². The fourth-order valence-electron chi connectivity index (χ4n) is 0.793. The molecule has 3 heteroatoms. The van der Waals surface area contributed by atoms with Crippen molar-refractivity contribution in [2.45, 2.75) is 6.54 Å². The lowest BCUT2D eigenvalue weighted by atomic mass is 10.2. The molecule has 1 aromatic carbocycles. The highest BCUT2D eigenvalue weighted by molar-refractivity contribution is 9.10. The van der Waals surface area contributed by atoms with E-state index in [2.05, 4.69) is 21.2 Å². The monoisotopic (exact) mass is 213 g/mol. The maximum absolute atomic E-state index is 9.96. The number of benzene rings is 1. The summed E-state index contributed by atoms with van der Waals surface area (Å²) < 4.78 is 1.02. The molecule has 0 aliphatic carbocycles. The van der Waals surface area contributed by atoms with E-state index in [-0.39, 0.29) is 0 Å². The molecule has 1 N–H and O–H groups in total. The molecule has 1 aromatic rings. The normalized spacial score (nSPS) is 9.18. The topological polar surface area (TPSA) is 29.1 Å². The van der Waals surface area contributed by atoms with E-state index in [1.165, 1.54) is 0 Å². The Labute approximate surface area is 73.7 Å². The quantitative estimate of drug-likeness (QED) is 0.762. The zero-order chi connectivity index (χ0) is 8.10. The predicted molar refractivity (Wildman–Crippen MR) is 47.0 cm³/mol. The van der Waals surface area contributed by atoms with Crippen LogP contribution in [0.25, 0.3) is 0 Å². The van der Waals surface area contributed by atoms with Crippen molar-refractivity contribution in [2.24, 2.45) is 0 Å². The number of hydrogen-bond donors (Lipinski definition) is 1. The van der Waals surface area contributed by atoms with Crippen LogP contribution in [0.2, 0.25) is 0 Å². The van der Waals surface area contributed by atoms with Crippen molar-refractivity contribution in [1.29, 1.82) is 0 Å². The number of halogens is 1. The fraction of sp³-hybridized carbons (Fsp3) is 0.125. The number of rotatable bonds is 3. The Morgan fingerprint density at radius 2 is 2.18 bits per heavy atom. The lowest BCUT2D eigenvalue weighted by Gasteiger charge is -2.01. The Morgan fingerprint density at radius 1 is 1.45 bits per heavy atom. The molecule has 0 aliphatic rings. The lowest BCUT2D eigenvalue weighted by molar-refractivity contribution is -0.109. The minimum atomic E-state index is 0.574. The van der Waals surface area contributed by atoms with Gasteiger partial charge in [0.25, 0.3) is 0 Å². The van der Waals surface area contributed by atoms with E-state index < -0.39 is 0 Å². The van der Waals surface area contributed by atoms with Gasteiger partial charge in [-0.15, -0.1) is 0 Å². The molecular weight excluding hydrogens is 206 g/mol. The Kier molecular flexibility index (Phi) is 3.11. The van der Waals surface area contributed by atoms with Crippen molar-refractivity contribution in [2.75, 3.05) is 0 Å². The lowest BCUT2D eigenvalue weighted by Crippen LogP contribution is -2.09. The number of nitrogens with one attached hydrogen (secondary N) is 1. The van der Waals surface area contributed by atoms with Crippen LogP contribution in [-0.2, 0) is 11.3 Å². The van der Waals surface area contributed by atoms with Gasteiger partial charge in [-0.2, -0.15) is 0 Å². The first-order chi connectivity index (χ1) is 5.34. The summed E-state index contributed by atoms with van der Waals surface area (Å²) in [6, 6.07) is 7.78. The van der Waals surface area contributed by atoms with Gasteiger partial charge in [-0.1, -0.05) is 34.1 Å². The van der Waals surface area contributed by atoms with Crippen LogP contribution < -0.4 is 5.32 Å². The number of carbonyl (C=O) groups is 1. The largest absolute Gasteiger partial charge is 0.355 e. The molecule has 1 amide bonds. The van der Waals surface area contributed by atoms with Crippen LogP contribution in [0.15, 0.2) is 28.7 Å². The third-order valence-electron chi connectivity index (χ3n) is 1.33. The molecule has 0 aliphatic heterocycles. The third kappa shape index (κ3) is 2.35. The first-order valence-electron chi connectivity index (χ1n) is 3.25. The van der Waals surface area contributed by atoms with E-state index in [4.69, 9.17) is 0 Å². The first kappa shape index (κ1) is 8.27. The SMILES string of the molecule is O=CNCc1ccccc1Br. The molecule has 0 aromatic heterocycles. The molecule has 0 fully saturated rings. The van der Waals surface area contributed by atoms with Crippen LogP contribution in [0, 0.1) is 0 Å². The van der Waals surface area contributed by atoms with Gasteiger partial charge in [0, 0.05) is 11.0 Å². The fourth-order valence-corrected chi connectivity index (χ4v) is 1.22. The van der Waals surface area contributed by atoms with Gasteiger partial charge < -0.3 is 5.32 Å². The zero-order valence-electron chi connectivity index (χ0n) is 5.88. The van der Waals surface area contributed by atoms with Crippen LogP contribution in [0.4, 0.5) is 0 Å². The van der Waals surface area contributed by atoms with Crippen molar-refractivity contribution in [1.82, 2.24) is 5.32 Å². The van der Waals surface area contributed by atoms with Crippen LogP contribution in [-0.4, -0.2) is 6.41 Å². The second-order valence-corrected chi connectivity index (χ2v) is 2.94. The molecule has 0 spiro atoms. The highest BCUT2D eigenvalue weighted by Gasteiger charge is 1.94. The van der Waals surface area contributed by atoms with Crippen LogP contribution in [0.3, 0.4) is 0 Å². The maximum atomic E-state index is 9.96. The Morgan fingerprint density at radius 3 is 2.82 bits per heavy atom. The molecule has 0 unspecified atom stereocenters. The van der Waals surface area contributed by atoms with Crippen LogP contribution in [0.5, 0.6) is 0 Å². The van der Waals surface area contributed by atoms with Gasteiger partial charge in [0.05, 0.1) is 0 Å². The zero-order valence-corrected chi connectivity index (χ0v) is 7.47. The highest BCUT2D eigenvalue weighted by Crippen LogP contribution is 2.14. The predicted octanol–water partition coefficient (Wildman–Crippen LogP) is 1.70. The molecular formula is C8H8BrNO. The molecule has 0 saturated heterocycles. The van der Waals surface area contributed by atoms with E-state index in [1.807, 2.05) is 24.3 Å². The Balaban J connectivity index is 2.69. The molecule has 0 saturated carbocycles. The molecule has 0 bridgehead atoms. The molecule has 58 valence electrons. The van der Waals surface area contributed by atoms with Crippen molar-refractivity contribution in [3.05, 3.63) is 34.3 Å². The van der Waals surface area contributed by atoms with Crippen molar-refractivity contribution < 1.29 is 4.79 Å². The van der Waals surface area contributed by atoms with E-state index >= 15 is 0 Å². The average Bonchev–Trinajstić information content (AvgIpc) is 2.03. The smallest absolute Gasteiger partial charge is 0.207 e. The van der Waals surface area contributed by atoms with Gasteiger partial charge in [0.2, 0.25) is 6.41 Å². The van der Waals surface area contributed by atoms with Crippen molar-refractivity contribution >= 4 is 22.3 Å². The average molecular weight is 214 g/mol. The molecule has 1 rings (SSSR count). The molecule has 11 heavy (non-hydrogen) atoms. The van der Waals surface area contributed by atoms with Gasteiger partial charge in [-0.05, 0) is 11.6 Å². The summed E-state index contributed by atoms with van der Waals surface area (Å²) in [5.74, 6) is 0. The van der Waals surface area contributed by atoms with Gasteiger partial charge in [0.15, 0.2) is 0 Å². The standard InChI is InChI=1S/C8H8BrNO/c9-8-4-2-1-3-7(8)5-10-6-11/h1-4,6H,5H2,(H,10,11). The Hall–Kier alpha value is -0.830. The van der Waals surface area contributed by atoms with Crippen LogP contribution in [0.1, 0.15) is 5.56 Å². The summed E-state index contributed by atoms with van der Waals surface area (Å²) in [4.78, 5) is 9.96. The summed E-state index contributed by atoms with van der Waals surface area (Å²) in [7, 11) is 0. The van der Waals surface area contributed by atoms with E-state index in [9.17, 15) is 4.79 Å². The van der Waals surface area contributed by atoms with E-state index in [0.29, 0.717) is 13.0 Å². The number of carbonyl (C=O) groups excluding carboxylic acids is 1. The maximum Gasteiger partial charge on any atom is 0.207 e. The summed E-state index contributed by atoms with van der Waals surface area (Å²) in [5, 5.41) is 2.59. The summed E-state index contributed by atoms with van der Waals surface area (Å²) in [6.45, 7) is 0.574. The second kappa shape index (κ2) is 4.13. The molecule has 0 atom stereocenters. The summed E-state index contributed by atoms with van der Waals surface area (Å²) >= 11 is 3.37. The van der Waals surface area contributed by atoms with E-state index in [0.717, 1.165) is 10.0 Å². The first-order valence-corrected chi connectivity index (χ1v) is 4.04. The van der Waals surface area contributed by atoms with E-state index in [1.54, 1.807) is 0 Å². The minimum Gasteiger partial charge on any atom is -0.355 e. The molecule has 0 heterocycles. The molecule has 0 radical (unpaired) electrons. The third-order valence-corrected chi connectivity index (χ3v) is 2.11. The van der Waals surface area contributed by atoms with Gasteiger partial charge in [0.1, 0.15) is 0 Å². The summed E-state index contributed by atoms with van der Waals surface area (Å²) in [5.41, 5.74) is 1.08. The van der Waals surface area contributed by atoms with Gasteiger partial charge in [-0.25, -0.2) is 0 Å². The second-order valence-electron chi connectivity index (χ2n) is 2.09.